The van der Waals surface area contributed by atoms with Gasteiger partial charge in [0.05, 0.1) is 0 Å². The second-order valence-corrected chi connectivity index (χ2v) is 3.68. The van der Waals surface area contributed by atoms with Crippen molar-refractivity contribution in [3.05, 3.63) is 60.5 Å². The van der Waals surface area contributed by atoms with E-state index in [-0.39, 0.29) is 5.82 Å². The van der Waals surface area contributed by atoms with E-state index in [2.05, 4.69) is 11.1 Å². The highest BCUT2D eigenvalue weighted by Crippen LogP contribution is 2.28. The van der Waals surface area contributed by atoms with Crippen LogP contribution in [-0.4, -0.2) is 4.98 Å². The molecule has 0 aliphatic rings. The lowest BCUT2D eigenvalue weighted by molar-refractivity contribution is 0.628. The Hall–Kier alpha value is -2.09. The van der Waals surface area contributed by atoms with Crippen LogP contribution in [0.1, 0.15) is 0 Å². The first-order valence-electron chi connectivity index (χ1n) is 5.08. The minimum atomic E-state index is -0.213. The first-order valence-corrected chi connectivity index (χ1v) is 5.08. The molecule has 3 aromatic rings. The molecule has 0 atom stereocenters. The first-order chi connectivity index (χ1) is 7.84. The fourth-order valence-corrected chi connectivity index (χ4v) is 1.88. The van der Waals surface area contributed by atoms with Gasteiger partial charge in [0, 0.05) is 22.7 Å². The molecule has 1 aromatic heterocycles. The van der Waals surface area contributed by atoms with E-state index in [1.807, 2.05) is 24.4 Å². The maximum atomic E-state index is 12.8. The van der Waals surface area contributed by atoms with Crippen molar-refractivity contribution in [3.8, 4) is 11.1 Å². The van der Waals surface area contributed by atoms with Crippen molar-refractivity contribution >= 4 is 10.9 Å². The molecular formula is C14H9FN. The summed E-state index contributed by atoms with van der Waals surface area (Å²) in [6, 6.07) is 15.3. The molecule has 2 aromatic carbocycles. The van der Waals surface area contributed by atoms with E-state index in [0.29, 0.717) is 0 Å². The van der Waals surface area contributed by atoms with Crippen LogP contribution in [0.2, 0.25) is 0 Å². The Kier molecular flexibility index (Phi) is 2.00. The second-order valence-electron chi connectivity index (χ2n) is 3.68. The van der Waals surface area contributed by atoms with Crippen molar-refractivity contribution in [1.82, 2.24) is 4.98 Å². The smallest absolute Gasteiger partial charge is 0.123 e. The lowest BCUT2D eigenvalue weighted by Crippen LogP contribution is -1.76. The van der Waals surface area contributed by atoms with Crippen LogP contribution in [0.4, 0.5) is 4.39 Å². The summed E-state index contributed by atoms with van der Waals surface area (Å²) in [6.07, 6.45) is 1.94. The summed E-state index contributed by atoms with van der Waals surface area (Å²) < 4.78 is 12.8. The molecular weight excluding hydrogens is 201 g/mol. The van der Waals surface area contributed by atoms with Gasteiger partial charge in [0.2, 0.25) is 0 Å². The lowest BCUT2D eigenvalue weighted by atomic mass is 10.1. The molecule has 16 heavy (non-hydrogen) atoms. The van der Waals surface area contributed by atoms with Gasteiger partial charge in [-0.3, -0.25) is 0 Å². The van der Waals surface area contributed by atoms with Crippen LogP contribution in [0.15, 0.2) is 48.7 Å². The third-order valence-electron chi connectivity index (χ3n) is 2.68. The highest BCUT2D eigenvalue weighted by atomic mass is 19.1. The number of H-pyrrole nitrogens is 1. The number of aromatic amines is 1. The number of fused-ring (bicyclic) bond motifs is 1. The summed E-state index contributed by atoms with van der Waals surface area (Å²) in [6.45, 7) is 0. The van der Waals surface area contributed by atoms with Gasteiger partial charge in [-0.15, -0.1) is 0 Å². The molecule has 0 aliphatic carbocycles. The Balaban J connectivity index is 2.22. The minimum Gasteiger partial charge on any atom is -0.361 e. The largest absolute Gasteiger partial charge is 0.361 e. The predicted octanol–water partition coefficient (Wildman–Crippen LogP) is 3.77. The van der Waals surface area contributed by atoms with Gasteiger partial charge in [-0.25, -0.2) is 4.39 Å². The Morgan fingerprint density at radius 2 is 1.88 bits per heavy atom. The van der Waals surface area contributed by atoms with Crippen LogP contribution in [0.3, 0.4) is 0 Å². The number of nitrogens with one attached hydrogen (secondary N) is 1. The van der Waals surface area contributed by atoms with Gasteiger partial charge in [-0.05, 0) is 35.9 Å². The van der Waals surface area contributed by atoms with E-state index in [0.717, 1.165) is 22.0 Å². The summed E-state index contributed by atoms with van der Waals surface area (Å²) in [5, 5.41) is 1.11. The lowest BCUT2D eigenvalue weighted by Gasteiger charge is -1.98. The van der Waals surface area contributed by atoms with Gasteiger partial charge in [0.15, 0.2) is 0 Å². The third-order valence-corrected chi connectivity index (χ3v) is 2.68. The highest BCUT2D eigenvalue weighted by molar-refractivity contribution is 5.95. The Morgan fingerprint density at radius 3 is 2.69 bits per heavy atom. The van der Waals surface area contributed by atoms with Crippen molar-refractivity contribution in [2.24, 2.45) is 0 Å². The Morgan fingerprint density at radius 1 is 1.06 bits per heavy atom. The monoisotopic (exact) mass is 210 g/mol. The normalized spacial score (nSPS) is 10.8. The zero-order valence-corrected chi connectivity index (χ0v) is 8.50. The molecule has 1 heterocycles. The molecule has 0 saturated heterocycles. The van der Waals surface area contributed by atoms with Gasteiger partial charge in [0.25, 0.3) is 0 Å². The van der Waals surface area contributed by atoms with Crippen molar-refractivity contribution in [2.45, 2.75) is 0 Å². The molecule has 0 spiro atoms. The highest BCUT2D eigenvalue weighted by Gasteiger charge is 2.04. The zero-order chi connectivity index (χ0) is 11.0. The van der Waals surface area contributed by atoms with Crippen LogP contribution < -0.4 is 0 Å². The summed E-state index contributed by atoms with van der Waals surface area (Å²) in [7, 11) is 0. The summed E-state index contributed by atoms with van der Waals surface area (Å²) in [5.74, 6) is -0.213. The number of rotatable bonds is 1. The predicted molar refractivity (Wildman–Crippen MR) is 62.5 cm³/mol. The quantitative estimate of drug-likeness (QED) is 0.629. The minimum absolute atomic E-state index is 0.213. The Labute approximate surface area is 92.5 Å². The van der Waals surface area contributed by atoms with E-state index >= 15 is 0 Å². The van der Waals surface area contributed by atoms with Crippen LogP contribution >= 0.6 is 0 Å². The molecule has 0 amide bonds. The SMILES string of the molecule is Fc1ccc(-c2c[nH]c3cc[c]cc23)cc1. The van der Waals surface area contributed by atoms with Crippen molar-refractivity contribution in [1.29, 1.82) is 0 Å². The second kappa shape index (κ2) is 3.49. The van der Waals surface area contributed by atoms with E-state index in [4.69, 9.17) is 0 Å². The number of benzene rings is 2. The average molecular weight is 210 g/mol. The molecule has 1 radical (unpaired) electrons. The molecule has 0 aliphatic heterocycles. The summed E-state index contributed by atoms with van der Waals surface area (Å²) >= 11 is 0. The standard InChI is InChI=1S/C14H9FN/c15-11-7-5-10(6-8-11)13-9-16-14-4-2-1-3-12(13)14/h2-9,16H. The average Bonchev–Trinajstić information content (AvgIpc) is 2.74. The molecule has 0 fully saturated rings. The zero-order valence-electron chi connectivity index (χ0n) is 8.50. The van der Waals surface area contributed by atoms with Gasteiger partial charge >= 0.3 is 0 Å². The van der Waals surface area contributed by atoms with E-state index in [1.165, 1.54) is 12.1 Å². The summed E-state index contributed by atoms with van der Waals surface area (Å²) in [5.41, 5.74) is 3.15. The molecule has 2 heteroatoms. The van der Waals surface area contributed by atoms with Crippen LogP contribution in [0.25, 0.3) is 22.0 Å². The molecule has 0 saturated carbocycles. The molecule has 1 nitrogen and oxygen atoms in total. The van der Waals surface area contributed by atoms with Crippen molar-refractivity contribution < 1.29 is 4.39 Å². The maximum Gasteiger partial charge on any atom is 0.123 e. The van der Waals surface area contributed by atoms with E-state index < -0.39 is 0 Å². The van der Waals surface area contributed by atoms with Crippen molar-refractivity contribution in [3.63, 3.8) is 0 Å². The van der Waals surface area contributed by atoms with Crippen LogP contribution in [0.5, 0.6) is 0 Å². The maximum absolute atomic E-state index is 12.8. The fourth-order valence-electron chi connectivity index (χ4n) is 1.88. The number of aromatic nitrogens is 1. The fraction of sp³-hybridized carbons (Fsp3) is 0. The van der Waals surface area contributed by atoms with Gasteiger partial charge in [-0.1, -0.05) is 18.2 Å². The van der Waals surface area contributed by atoms with Crippen LogP contribution in [0, 0.1) is 11.9 Å². The van der Waals surface area contributed by atoms with Crippen LogP contribution in [-0.2, 0) is 0 Å². The first kappa shape index (κ1) is 9.16. The molecule has 1 N–H and O–H groups in total. The number of hydrogen-bond acceptors (Lipinski definition) is 0. The van der Waals surface area contributed by atoms with E-state index in [9.17, 15) is 4.39 Å². The molecule has 3 rings (SSSR count). The topological polar surface area (TPSA) is 15.8 Å². The number of hydrogen-bond donors (Lipinski definition) is 1. The third kappa shape index (κ3) is 1.39. The molecule has 77 valence electrons. The van der Waals surface area contributed by atoms with Gasteiger partial charge in [-0.2, -0.15) is 0 Å². The van der Waals surface area contributed by atoms with Crippen molar-refractivity contribution in [2.75, 3.05) is 0 Å². The number of halogens is 1. The van der Waals surface area contributed by atoms with E-state index in [1.54, 1.807) is 12.1 Å². The summed E-state index contributed by atoms with van der Waals surface area (Å²) in [4.78, 5) is 3.19. The molecule has 0 bridgehead atoms. The van der Waals surface area contributed by atoms with Gasteiger partial charge in [0.1, 0.15) is 5.82 Å². The molecule has 0 unspecified atom stereocenters. The Bertz CT molecular complexity index is 623. The van der Waals surface area contributed by atoms with Gasteiger partial charge < -0.3 is 4.98 Å².